The van der Waals surface area contributed by atoms with Crippen molar-refractivity contribution in [1.29, 1.82) is 0 Å². The van der Waals surface area contributed by atoms with Crippen LogP contribution < -0.4 is 4.74 Å². The second-order valence-corrected chi connectivity index (χ2v) is 4.01. The Morgan fingerprint density at radius 1 is 0.882 bits per heavy atom. The van der Waals surface area contributed by atoms with E-state index < -0.39 is 18.0 Å². The quantitative estimate of drug-likeness (QED) is 0.539. The van der Waals surface area contributed by atoms with Gasteiger partial charge in [-0.15, -0.1) is 0 Å². The highest BCUT2D eigenvalue weighted by molar-refractivity contribution is 6.48. The summed E-state index contributed by atoms with van der Waals surface area (Å²) in [5.41, 5.74) is 0. The maximum absolute atomic E-state index is 12.5. The molecular formula is C8H2Cl3F5O. The van der Waals surface area contributed by atoms with Gasteiger partial charge in [-0.2, -0.15) is 22.0 Å². The van der Waals surface area contributed by atoms with Gasteiger partial charge in [0.1, 0.15) is 5.75 Å². The third kappa shape index (κ3) is 3.26. The SMILES string of the molecule is FC(F)(F)C(F)(F)Oc1cc(Cl)c(Cl)c(Cl)c1. The number of halogens is 8. The van der Waals surface area contributed by atoms with E-state index >= 15 is 0 Å². The molecule has 0 fully saturated rings. The van der Waals surface area contributed by atoms with Crippen molar-refractivity contribution in [1.82, 2.24) is 0 Å². The van der Waals surface area contributed by atoms with E-state index in [0.29, 0.717) is 12.1 Å². The van der Waals surface area contributed by atoms with Crippen LogP contribution in [0.3, 0.4) is 0 Å². The summed E-state index contributed by atoms with van der Waals surface area (Å²) in [5.74, 6) is -0.841. The molecule has 0 radical (unpaired) electrons. The molecule has 0 aliphatic carbocycles. The van der Waals surface area contributed by atoms with Crippen LogP contribution >= 0.6 is 34.8 Å². The maximum atomic E-state index is 12.5. The lowest BCUT2D eigenvalue weighted by Crippen LogP contribution is -2.41. The lowest BCUT2D eigenvalue weighted by atomic mass is 10.3. The van der Waals surface area contributed by atoms with Crippen molar-refractivity contribution in [3.63, 3.8) is 0 Å². The Balaban J connectivity index is 3.05. The topological polar surface area (TPSA) is 9.23 Å². The number of benzene rings is 1. The molecule has 0 amide bonds. The molecule has 1 aromatic rings. The zero-order chi connectivity index (χ0) is 13.4. The molecule has 0 bridgehead atoms. The summed E-state index contributed by atoms with van der Waals surface area (Å²) in [7, 11) is 0. The van der Waals surface area contributed by atoms with E-state index in [1.54, 1.807) is 0 Å². The standard InChI is InChI=1S/C8H2Cl3F5O/c9-4-1-3(2-5(10)6(4)11)17-8(15,16)7(12,13)14/h1-2H. The zero-order valence-corrected chi connectivity index (χ0v) is 9.85. The predicted octanol–water partition coefficient (Wildman–Crippen LogP) is 5.18. The summed E-state index contributed by atoms with van der Waals surface area (Å²) in [4.78, 5) is 0. The fourth-order valence-electron chi connectivity index (χ4n) is 0.797. The van der Waals surface area contributed by atoms with Crippen LogP contribution in [0.25, 0.3) is 0 Å². The summed E-state index contributed by atoms with van der Waals surface area (Å²) < 4.78 is 64.0. The second kappa shape index (κ2) is 4.66. The highest BCUT2D eigenvalue weighted by Gasteiger charge is 2.61. The summed E-state index contributed by atoms with van der Waals surface area (Å²) in [6.45, 7) is 0. The van der Waals surface area contributed by atoms with Gasteiger partial charge >= 0.3 is 12.3 Å². The molecule has 0 saturated carbocycles. The molecule has 1 aromatic carbocycles. The smallest absolute Gasteiger partial charge is 0.426 e. The Labute approximate surface area is 107 Å². The van der Waals surface area contributed by atoms with Crippen molar-refractivity contribution in [3.05, 3.63) is 27.2 Å². The Kier molecular flexibility index (Phi) is 4.01. The van der Waals surface area contributed by atoms with Gasteiger partial charge < -0.3 is 4.74 Å². The van der Waals surface area contributed by atoms with Crippen molar-refractivity contribution < 1.29 is 26.7 Å². The van der Waals surface area contributed by atoms with E-state index in [0.717, 1.165) is 0 Å². The molecule has 0 aromatic heterocycles. The lowest BCUT2D eigenvalue weighted by molar-refractivity contribution is -0.360. The molecule has 0 atom stereocenters. The van der Waals surface area contributed by atoms with Crippen LogP contribution in [0.5, 0.6) is 5.75 Å². The van der Waals surface area contributed by atoms with E-state index in [4.69, 9.17) is 34.8 Å². The zero-order valence-electron chi connectivity index (χ0n) is 7.59. The third-order valence-electron chi connectivity index (χ3n) is 1.53. The van der Waals surface area contributed by atoms with Crippen molar-refractivity contribution in [2.45, 2.75) is 12.3 Å². The fourth-order valence-corrected chi connectivity index (χ4v) is 1.37. The molecular weight excluding hydrogens is 313 g/mol. The molecule has 0 aliphatic rings. The van der Waals surface area contributed by atoms with Gasteiger partial charge in [0.05, 0.1) is 15.1 Å². The van der Waals surface area contributed by atoms with Crippen LogP contribution in [0, 0.1) is 0 Å². The van der Waals surface area contributed by atoms with Crippen LogP contribution in [0.2, 0.25) is 15.1 Å². The highest BCUT2D eigenvalue weighted by Crippen LogP contribution is 2.40. The summed E-state index contributed by atoms with van der Waals surface area (Å²) >= 11 is 16.4. The van der Waals surface area contributed by atoms with Crippen LogP contribution in [-0.2, 0) is 0 Å². The van der Waals surface area contributed by atoms with Crippen molar-refractivity contribution in [2.75, 3.05) is 0 Å². The van der Waals surface area contributed by atoms with Crippen LogP contribution in [0.15, 0.2) is 12.1 Å². The average molecular weight is 315 g/mol. The van der Waals surface area contributed by atoms with E-state index in [9.17, 15) is 22.0 Å². The van der Waals surface area contributed by atoms with Gasteiger partial charge in [-0.25, -0.2) is 0 Å². The first-order chi connectivity index (χ1) is 7.54. The fraction of sp³-hybridized carbons (Fsp3) is 0.250. The lowest BCUT2D eigenvalue weighted by Gasteiger charge is -2.20. The Hall–Kier alpha value is -0.460. The van der Waals surface area contributed by atoms with Crippen LogP contribution in [0.4, 0.5) is 22.0 Å². The first-order valence-corrected chi connectivity index (χ1v) is 4.96. The molecule has 9 heteroatoms. The van der Waals surface area contributed by atoms with Crippen molar-refractivity contribution in [3.8, 4) is 5.75 Å². The van der Waals surface area contributed by atoms with Gasteiger partial charge in [-0.3, -0.25) is 0 Å². The Morgan fingerprint density at radius 3 is 1.65 bits per heavy atom. The van der Waals surface area contributed by atoms with Crippen LogP contribution in [-0.4, -0.2) is 12.3 Å². The monoisotopic (exact) mass is 314 g/mol. The molecule has 1 rings (SSSR count). The summed E-state index contributed by atoms with van der Waals surface area (Å²) in [6, 6.07) is 1.41. The highest BCUT2D eigenvalue weighted by atomic mass is 35.5. The summed E-state index contributed by atoms with van der Waals surface area (Å²) in [6.07, 6.45) is -11.2. The first-order valence-electron chi connectivity index (χ1n) is 3.82. The predicted molar refractivity (Wildman–Crippen MR) is 53.1 cm³/mol. The van der Waals surface area contributed by atoms with Crippen molar-refractivity contribution >= 4 is 34.8 Å². The minimum Gasteiger partial charge on any atom is -0.426 e. The molecule has 0 saturated heterocycles. The number of hydrogen-bond donors (Lipinski definition) is 0. The number of alkyl halides is 5. The van der Waals surface area contributed by atoms with Crippen LogP contribution in [0.1, 0.15) is 0 Å². The Morgan fingerprint density at radius 2 is 1.29 bits per heavy atom. The van der Waals surface area contributed by atoms with Gasteiger partial charge in [0, 0.05) is 12.1 Å². The number of rotatable bonds is 2. The molecule has 96 valence electrons. The number of ether oxygens (including phenoxy) is 1. The number of hydrogen-bond acceptors (Lipinski definition) is 1. The largest absolute Gasteiger partial charge is 0.499 e. The van der Waals surface area contributed by atoms with E-state index in [-0.39, 0.29) is 15.1 Å². The summed E-state index contributed by atoms with van der Waals surface area (Å²) in [5, 5.41) is -0.768. The molecule has 0 unspecified atom stereocenters. The van der Waals surface area contributed by atoms with E-state index in [1.165, 1.54) is 0 Å². The molecule has 0 heterocycles. The van der Waals surface area contributed by atoms with Crippen molar-refractivity contribution in [2.24, 2.45) is 0 Å². The molecule has 0 N–H and O–H groups in total. The van der Waals surface area contributed by atoms with Gasteiger partial charge in [0.2, 0.25) is 0 Å². The second-order valence-electron chi connectivity index (χ2n) is 2.82. The first kappa shape index (κ1) is 14.6. The van der Waals surface area contributed by atoms with Gasteiger partial charge in [0.15, 0.2) is 0 Å². The van der Waals surface area contributed by atoms with Gasteiger partial charge in [0.25, 0.3) is 0 Å². The maximum Gasteiger partial charge on any atom is 0.499 e. The normalized spacial score (nSPS) is 12.7. The average Bonchev–Trinajstić information content (AvgIpc) is 2.11. The van der Waals surface area contributed by atoms with Gasteiger partial charge in [-0.05, 0) is 0 Å². The molecule has 1 nitrogen and oxygen atoms in total. The molecule has 0 spiro atoms. The minimum atomic E-state index is -5.84. The van der Waals surface area contributed by atoms with E-state index in [1.807, 2.05) is 0 Å². The third-order valence-corrected chi connectivity index (χ3v) is 2.73. The molecule has 17 heavy (non-hydrogen) atoms. The molecule has 0 aliphatic heterocycles. The minimum absolute atomic E-state index is 0.170. The van der Waals surface area contributed by atoms with Gasteiger partial charge in [-0.1, -0.05) is 34.8 Å². The van der Waals surface area contributed by atoms with E-state index in [2.05, 4.69) is 4.74 Å². The Bertz CT molecular complexity index is 409.